The van der Waals surface area contributed by atoms with Crippen molar-refractivity contribution in [3.63, 3.8) is 0 Å². The van der Waals surface area contributed by atoms with Crippen LogP contribution in [-0.2, 0) is 35.9 Å². The third kappa shape index (κ3) is 5.62. The summed E-state index contributed by atoms with van der Waals surface area (Å²) in [6.45, 7) is 4.01. The Morgan fingerprint density at radius 3 is 1.71 bits per heavy atom. The lowest BCUT2D eigenvalue weighted by atomic mass is 9.80. The van der Waals surface area contributed by atoms with Crippen LogP contribution in [0.25, 0.3) is 0 Å². The molecule has 6 rings (SSSR count). The molecule has 2 heterocycles. The molecule has 0 aromatic heterocycles. The molecule has 0 radical (unpaired) electrons. The van der Waals surface area contributed by atoms with Crippen LogP contribution < -0.4 is 0 Å². The van der Waals surface area contributed by atoms with Gasteiger partial charge < -0.3 is 28.9 Å². The highest BCUT2D eigenvalue weighted by Crippen LogP contribution is 2.42. The second-order valence-corrected chi connectivity index (χ2v) is 10.9. The van der Waals surface area contributed by atoms with E-state index in [2.05, 4.69) is 5.16 Å². The maximum atomic E-state index is 10.3. The Morgan fingerprint density at radius 2 is 1.21 bits per heavy atom. The maximum Gasteiger partial charge on any atom is 0.187 e. The minimum absolute atomic E-state index is 0.0434. The summed E-state index contributed by atoms with van der Waals surface area (Å²) in [6.07, 6.45) is -2.52. The number of oxime groups is 1. The molecule has 0 bridgehead atoms. The molecule has 0 amide bonds. The first-order valence-corrected chi connectivity index (χ1v) is 14.2. The zero-order chi connectivity index (χ0) is 29.0. The second-order valence-electron chi connectivity index (χ2n) is 10.9. The average molecular weight is 566 g/mol. The first-order chi connectivity index (χ1) is 20.5. The molecule has 216 valence electrons. The van der Waals surface area contributed by atoms with E-state index in [1.165, 1.54) is 0 Å². The highest BCUT2D eigenvalue weighted by atomic mass is 16.8. The lowest BCUT2D eigenvalue weighted by Gasteiger charge is -2.36. The number of hydrogen-bond donors (Lipinski definition) is 1. The number of rotatable bonds is 10. The predicted molar refractivity (Wildman–Crippen MR) is 158 cm³/mol. The van der Waals surface area contributed by atoms with Gasteiger partial charge in [0.2, 0.25) is 0 Å². The van der Waals surface area contributed by atoms with Crippen LogP contribution >= 0.6 is 0 Å². The molecule has 4 atom stereocenters. The Morgan fingerprint density at radius 1 is 0.738 bits per heavy atom. The van der Waals surface area contributed by atoms with Crippen LogP contribution in [0.3, 0.4) is 0 Å². The van der Waals surface area contributed by atoms with Crippen molar-refractivity contribution in [1.29, 1.82) is 0 Å². The Bertz CT molecular complexity index is 1370. The van der Waals surface area contributed by atoms with Crippen LogP contribution in [0.5, 0.6) is 0 Å². The third-order valence-corrected chi connectivity index (χ3v) is 7.70. The van der Waals surface area contributed by atoms with E-state index < -0.39 is 36.0 Å². The lowest BCUT2D eigenvalue weighted by Crippen LogP contribution is -2.41. The van der Waals surface area contributed by atoms with Crippen LogP contribution in [0.4, 0.5) is 0 Å². The van der Waals surface area contributed by atoms with E-state index in [1.54, 1.807) is 0 Å². The minimum Gasteiger partial charge on any atom is -0.411 e. The van der Waals surface area contributed by atoms with Crippen molar-refractivity contribution in [3.05, 3.63) is 144 Å². The van der Waals surface area contributed by atoms with E-state index in [9.17, 15) is 5.21 Å². The van der Waals surface area contributed by atoms with Gasteiger partial charge in [-0.05, 0) is 36.1 Å². The molecule has 2 aliphatic heterocycles. The summed E-state index contributed by atoms with van der Waals surface area (Å²) >= 11 is 0. The molecule has 42 heavy (non-hydrogen) atoms. The molecule has 4 aromatic carbocycles. The SMILES string of the molecule is CC1(C)O[C@@H]2[C@@H](OCc3ccccc3)O[C@H](/C(COC(c3ccccc3)(c3ccccc3)c3ccccc3)=N\O)[C@@H]2O1. The summed E-state index contributed by atoms with van der Waals surface area (Å²) in [6, 6.07) is 40.0. The van der Waals surface area contributed by atoms with Gasteiger partial charge in [0.05, 0.1) is 13.2 Å². The van der Waals surface area contributed by atoms with E-state index >= 15 is 0 Å². The fourth-order valence-electron chi connectivity index (χ4n) is 5.83. The summed E-state index contributed by atoms with van der Waals surface area (Å²) < 4.78 is 31.9. The molecule has 1 N–H and O–H groups in total. The Hall–Kier alpha value is -3.85. The zero-order valence-electron chi connectivity index (χ0n) is 23.7. The van der Waals surface area contributed by atoms with Crippen LogP contribution in [-0.4, -0.2) is 47.9 Å². The fraction of sp³-hybridized carbons (Fsp3) is 0.286. The van der Waals surface area contributed by atoms with E-state index in [0.29, 0.717) is 6.61 Å². The molecular weight excluding hydrogens is 530 g/mol. The first-order valence-electron chi connectivity index (χ1n) is 14.2. The van der Waals surface area contributed by atoms with E-state index in [4.69, 9.17) is 23.7 Å². The van der Waals surface area contributed by atoms with Gasteiger partial charge in [-0.2, -0.15) is 0 Å². The van der Waals surface area contributed by atoms with Crippen molar-refractivity contribution in [2.45, 2.75) is 56.4 Å². The zero-order valence-corrected chi connectivity index (χ0v) is 23.7. The summed E-state index contributed by atoms with van der Waals surface area (Å²) in [4.78, 5) is 0. The van der Waals surface area contributed by atoms with Gasteiger partial charge in [-0.15, -0.1) is 0 Å². The number of ether oxygens (including phenoxy) is 5. The predicted octanol–water partition coefficient (Wildman–Crippen LogP) is 6.29. The van der Waals surface area contributed by atoms with Crippen LogP contribution in [0.15, 0.2) is 126 Å². The van der Waals surface area contributed by atoms with Crippen LogP contribution in [0, 0.1) is 0 Å². The van der Waals surface area contributed by atoms with Crippen molar-refractivity contribution < 1.29 is 28.9 Å². The summed E-state index contributed by atoms with van der Waals surface area (Å²) in [5, 5.41) is 14.0. The summed E-state index contributed by atoms with van der Waals surface area (Å²) in [7, 11) is 0. The van der Waals surface area contributed by atoms with Crippen LogP contribution in [0.1, 0.15) is 36.1 Å². The summed E-state index contributed by atoms with van der Waals surface area (Å²) in [5.41, 5.74) is 3.12. The minimum atomic E-state index is -0.993. The number of benzene rings is 4. The van der Waals surface area contributed by atoms with Crippen LogP contribution in [0.2, 0.25) is 0 Å². The monoisotopic (exact) mass is 565 g/mol. The topological polar surface area (TPSA) is 78.7 Å². The molecular formula is C35H35NO6. The molecule has 0 saturated carbocycles. The van der Waals surface area contributed by atoms with Gasteiger partial charge in [0, 0.05) is 0 Å². The molecule has 4 aromatic rings. The Kier molecular flexibility index (Phi) is 8.20. The standard InChI is InChI=1S/C35H35NO6/c1-34(2)41-31-30(40-33(32(31)42-34)38-23-25-15-7-3-8-16-25)29(36-37)24-39-35(26-17-9-4-10-18-26,27-19-11-5-12-20-27)28-21-13-6-14-22-28/h3-22,30-33,37H,23-24H2,1-2H3/b36-29-/t30-,31+,32+,33+/m1/s1. The highest BCUT2D eigenvalue weighted by Gasteiger charge is 2.57. The normalized spacial score (nSPS) is 23.5. The summed E-state index contributed by atoms with van der Waals surface area (Å²) in [5.74, 6) is -0.852. The van der Waals surface area contributed by atoms with Crippen molar-refractivity contribution in [2.75, 3.05) is 6.61 Å². The third-order valence-electron chi connectivity index (χ3n) is 7.70. The molecule has 0 unspecified atom stereocenters. The number of hydrogen-bond acceptors (Lipinski definition) is 7. The van der Waals surface area contributed by atoms with Crippen molar-refractivity contribution in [3.8, 4) is 0 Å². The molecule has 2 fully saturated rings. The van der Waals surface area contributed by atoms with Gasteiger partial charge >= 0.3 is 0 Å². The average Bonchev–Trinajstić information content (AvgIpc) is 3.53. The van der Waals surface area contributed by atoms with Crippen molar-refractivity contribution in [2.24, 2.45) is 5.16 Å². The first kappa shape index (κ1) is 28.3. The largest absolute Gasteiger partial charge is 0.411 e. The molecule has 0 aliphatic carbocycles. The van der Waals surface area contributed by atoms with Gasteiger partial charge in [-0.25, -0.2) is 0 Å². The smallest absolute Gasteiger partial charge is 0.187 e. The Balaban J connectivity index is 1.31. The van der Waals surface area contributed by atoms with E-state index in [-0.39, 0.29) is 12.3 Å². The maximum absolute atomic E-state index is 10.3. The lowest BCUT2D eigenvalue weighted by molar-refractivity contribution is -0.229. The quantitative estimate of drug-likeness (QED) is 0.105. The van der Waals surface area contributed by atoms with Gasteiger partial charge in [0.1, 0.15) is 29.6 Å². The number of nitrogens with zero attached hydrogens (tertiary/aromatic N) is 1. The van der Waals surface area contributed by atoms with Gasteiger partial charge in [0.25, 0.3) is 0 Å². The van der Waals surface area contributed by atoms with E-state index in [1.807, 2.05) is 135 Å². The number of fused-ring (bicyclic) bond motifs is 1. The van der Waals surface area contributed by atoms with Crippen molar-refractivity contribution >= 4 is 5.71 Å². The second kappa shape index (κ2) is 12.2. The Labute approximate surface area is 246 Å². The molecule has 0 spiro atoms. The fourth-order valence-corrected chi connectivity index (χ4v) is 5.83. The molecule has 7 heteroatoms. The molecule has 2 saturated heterocycles. The van der Waals surface area contributed by atoms with Crippen molar-refractivity contribution in [1.82, 2.24) is 0 Å². The van der Waals surface area contributed by atoms with Gasteiger partial charge in [-0.3, -0.25) is 0 Å². The van der Waals surface area contributed by atoms with Gasteiger partial charge in [0.15, 0.2) is 12.1 Å². The molecule has 7 nitrogen and oxygen atoms in total. The highest BCUT2D eigenvalue weighted by molar-refractivity contribution is 5.90. The molecule has 2 aliphatic rings. The van der Waals surface area contributed by atoms with E-state index in [0.717, 1.165) is 22.3 Å². The van der Waals surface area contributed by atoms with Gasteiger partial charge in [-0.1, -0.05) is 126 Å².